The van der Waals surface area contributed by atoms with E-state index in [0.717, 1.165) is 37.9 Å². The maximum Gasteiger partial charge on any atom is 0.293 e. The summed E-state index contributed by atoms with van der Waals surface area (Å²) in [6.45, 7) is 8.46. The zero-order chi connectivity index (χ0) is 22.9. The van der Waals surface area contributed by atoms with Crippen LogP contribution in [0.2, 0.25) is 0 Å². The van der Waals surface area contributed by atoms with Crippen molar-refractivity contribution in [2.75, 3.05) is 18.8 Å². The van der Waals surface area contributed by atoms with E-state index in [1.165, 1.54) is 10.2 Å². The number of nitrogens with two attached hydrogens (primary N) is 1. The van der Waals surface area contributed by atoms with Crippen molar-refractivity contribution >= 4 is 17.9 Å². The number of nitrogens with zero attached hydrogens (tertiary/aromatic N) is 7. The molecule has 1 amide bonds. The number of benzene rings is 1. The maximum atomic E-state index is 12.9. The van der Waals surface area contributed by atoms with E-state index >= 15 is 0 Å². The fourth-order valence-electron chi connectivity index (χ4n) is 3.30. The molecule has 3 rings (SSSR count). The molecule has 0 bridgehead atoms. The van der Waals surface area contributed by atoms with E-state index in [1.807, 2.05) is 24.3 Å². The number of aryl methyl sites for hydroxylation is 1. The molecule has 170 valence electrons. The highest BCUT2D eigenvalue weighted by Gasteiger charge is 2.25. The van der Waals surface area contributed by atoms with E-state index in [1.54, 1.807) is 6.21 Å². The largest absolute Gasteiger partial charge is 0.378 e. The summed E-state index contributed by atoms with van der Waals surface area (Å²) >= 11 is 0. The van der Waals surface area contributed by atoms with Crippen molar-refractivity contribution in [1.29, 1.82) is 0 Å². The van der Waals surface area contributed by atoms with Crippen LogP contribution in [-0.2, 0) is 13.0 Å². The van der Waals surface area contributed by atoms with Gasteiger partial charge >= 0.3 is 0 Å². The lowest BCUT2D eigenvalue weighted by Crippen LogP contribution is -2.28. The summed E-state index contributed by atoms with van der Waals surface area (Å²) in [5.41, 5.74) is 11.2. The van der Waals surface area contributed by atoms with Crippen LogP contribution in [0.5, 0.6) is 0 Å². The standard InChI is InChI=1S/C21H29N9O2/c1-4-11-29(12-5-2)14-17-18(24-28-30(17)20-19(22)26-32-27-20)21(31)25-23-13-16-9-7-15(6-3)8-10-16/h7-10,13H,4-6,11-12,14H2,1-3H3,(H2,22,26)(H,25,31)/b23-13+. The molecule has 2 heterocycles. The monoisotopic (exact) mass is 439 g/mol. The molecule has 0 saturated carbocycles. The van der Waals surface area contributed by atoms with Crippen LogP contribution in [0.3, 0.4) is 0 Å². The number of nitrogens with one attached hydrogen (secondary N) is 1. The molecule has 0 spiro atoms. The number of carbonyl (C=O) groups is 1. The Morgan fingerprint density at radius 2 is 1.91 bits per heavy atom. The number of nitrogen functional groups attached to an aromatic ring is 1. The fourth-order valence-corrected chi connectivity index (χ4v) is 3.30. The normalized spacial score (nSPS) is 11.5. The molecule has 0 aliphatic rings. The fraction of sp³-hybridized carbons (Fsp3) is 0.429. The van der Waals surface area contributed by atoms with Gasteiger partial charge in [-0.3, -0.25) is 9.69 Å². The zero-order valence-corrected chi connectivity index (χ0v) is 18.7. The summed E-state index contributed by atoms with van der Waals surface area (Å²) in [6.07, 6.45) is 4.49. The molecule has 3 aromatic rings. The Labute approximate surface area is 186 Å². The topological polar surface area (TPSA) is 140 Å². The smallest absolute Gasteiger partial charge is 0.293 e. The second kappa shape index (κ2) is 11.1. The second-order valence-corrected chi connectivity index (χ2v) is 7.34. The van der Waals surface area contributed by atoms with Gasteiger partial charge in [-0.05, 0) is 53.8 Å². The third-order valence-electron chi connectivity index (χ3n) is 4.90. The van der Waals surface area contributed by atoms with Gasteiger partial charge in [0.25, 0.3) is 5.91 Å². The van der Waals surface area contributed by atoms with E-state index < -0.39 is 5.91 Å². The van der Waals surface area contributed by atoms with Crippen molar-refractivity contribution < 1.29 is 9.42 Å². The van der Waals surface area contributed by atoms with Gasteiger partial charge < -0.3 is 5.73 Å². The van der Waals surface area contributed by atoms with E-state index in [-0.39, 0.29) is 17.3 Å². The van der Waals surface area contributed by atoms with E-state index in [4.69, 9.17) is 10.4 Å². The van der Waals surface area contributed by atoms with Gasteiger partial charge in [-0.15, -0.1) is 5.10 Å². The van der Waals surface area contributed by atoms with Crippen LogP contribution >= 0.6 is 0 Å². The lowest BCUT2D eigenvalue weighted by molar-refractivity contribution is 0.0947. The minimum atomic E-state index is -0.476. The Morgan fingerprint density at radius 1 is 1.19 bits per heavy atom. The summed E-state index contributed by atoms with van der Waals surface area (Å²) < 4.78 is 6.10. The highest BCUT2D eigenvalue weighted by molar-refractivity contribution is 5.94. The molecular weight excluding hydrogens is 410 g/mol. The zero-order valence-electron chi connectivity index (χ0n) is 18.7. The van der Waals surface area contributed by atoms with Crippen molar-refractivity contribution in [3.05, 3.63) is 46.8 Å². The SMILES string of the molecule is CCCN(CCC)Cc1c(C(=O)N/N=C/c2ccc(CC)cc2)nnn1-c1nonc1N. The Bertz CT molecular complexity index is 1030. The number of amides is 1. The lowest BCUT2D eigenvalue weighted by Gasteiger charge is -2.21. The van der Waals surface area contributed by atoms with Crippen molar-refractivity contribution in [1.82, 2.24) is 35.6 Å². The first-order valence-corrected chi connectivity index (χ1v) is 10.7. The molecule has 1 aromatic carbocycles. The van der Waals surface area contributed by atoms with E-state index in [2.05, 4.69) is 56.8 Å². The molecular formula is C21H29N9O2. The van der Waals surface area contributed by atoms with E-state index in [9.17, 15) is 4.79 Å². The maximum absolute atomic E-state index is 12.9. The molecule has 0 aliphatic heterocycles. The average molecular weight is 440 g/mol. The first-order chi connectivity index (χ1) is 15.6. The van der Waals surface area contributed by atoms with Crippen LogP contribution in [-0.4, -0.2) is 55.4 Å². The Balaban J connectivity index is 1.83. The van der Waals surface area contributed by atoms with Gasteiger partial charge in [0.1, 0.15) is 0 Å². The summed E-state index contributed by atoms with van der Waals surface area (Å²) in [5, 5.41) is 19.6. The molecule has 0 unspecified atom stereocenters. The molecule has 0 fully saturated rings. The van der Waals surface area contributed by atoms with Crippen LogP contribution in [0.1, 0.15) is 60.9 Å². The third-order valence-corrected chi connectivity index (χ3v) is 4.90. The number of hydrogen-bond donors (Lipinski definition) is 2. The van der Waals surface area contributed by atoms with Crippen LogP contribution < -0.4 is 11.2 Å². The highest BCUT2D eigenvalue weighted by Crippen LogP contribution is 2.18. The molecule has 2 aromatic heterocycles. The molecule has 0 saturated heterocycles. The van der Waals surface area contributed by atoms with Crippen molar-refractivity contribution in [3.8, 4) is 5.82 Å². The van der Waals surface area contributed by atoms with Crippen LogP contribution in [0.4, 0.5) is 5.82 Å². The Kier molecular flexibility index (Phi) is 8.03. The number of hydrazone groups is 1. The number of anilines is 1. The van der Waals surface area contributed by atoms with Crippen LogP contribution in [0, 0.1) is 0 Å². The molecule has 0 atom stereocenters. The van der Waals surface area contributed by atoms with Crippen molar-refractivity contribution in [2.45, 2.75) is 46.6 Å². The molecule has 11 nitrogen and oxygen atoms in total. The Morgan fingerprint density at radius 3 is 2.50 bits per heavy atom. The Hall–Kier alpha value is -3.60. The average Bonchev–Trinajstić information content (AvgIpc) is 3.40. The van der Waals surface area contributed by atoms with Gasteiger partial charge in [-0.25, -0.2) is 10.1 Å². The van der Waals surface area contributed by atoms with Gasteiger partial charge in [0.15, 0.2) is 5.69 Å². The molecule has 3 N–H and O–H groups in total. The van der Waals surface area contributed by atoms with Gasteiger partial charge in [-0.2, -0.15) is 9.78 Å². The summed E-state index contributed by atoms with van der Waals surface area (Å²) in [6, 6.07) is 7.95. The van der Waals surface area contributed by atoms with Crippen LogP contribution in [0.15, 0.2) is 34.0 Å². The summed E-state index contributed by atoms with van der Waals surface area (Å²) in [4.78, 5) is 15.1. The highest BCUT2D eigenvalue weighted by atomic mass is 16.6. The molecule has 32 heavy (non-hydrogen) atoms. The number of aromatic nitrogens is 5. The van der Waals surface area contributed by atoms with Crippen molar-refractivity contribution in [3.63, 3.8) is 0 Å². The number of carbonyl (C=O) groups excluding carboxylic acids is 1. The predicted octanol–water partition coefficient (Wildman–Crippen LogP) is 2.18. The quantitative estimate of drug-likeness (QED) is 0.342. The minimum absolute atomic E-state index is 0.0641. The van der Waals surface area contributed by atoms with Crippen molar-refractivity contribution in [2.24, 2.45) is 5.10 Å². The first kappa shape index (κ1) is 23.1. The van der Waals surface area contributed by atoms with Gasteiger partial charge in [0.05, 0.1) is 11.9 Å². The second-order valence-electron chi connectivity index (χ2n) is 7.34. The summed E-state index contributed by atoms with van der Waals surface area (Å²) in [7, 11) is 0. The number of hydrogen-bond acceptors (Lipinski definition) is 9. The molecule has 11 heteroatoms. The summed E-state index contributed by atoms with van der Waals surface area (Å²) in [5.74, 6) is -0.219. The first-order valence-electron chi connectivity index (χ1n) is 10.7. The molecule has 0 radical (unpaired) electrons. The molecule has 0 aliphatic carbocycles. The lowest BCUT2D eigenvalue weighted by atomic mass is 10.1. The van der Waals surface area contributed by atoms with Crippen LogP contribution in [0.25, 0.3) is 5.82 Å². The third kappa shape index (κ3) is 5.55. The predicted molar refractivity (Wildman–Crippen MR) is 120 cm³/mol. The van der Waals surface area contributed by atoms with Gasteiger partial charge in [-0.1, -0.05) is 50.3 Å². The minimum Gasteiger partial charge on any atom is -0.378 e. The van der Waals surface area contributed by atoms with Gasteiger partial charge in [0, 0.05) is 6.54 Å². The van der Waals surface area contributed by atoms with Gasteiger partial charge in [0.2, 0.25) is 11.6 Å². The van der Waals surface area contributed by atoms with E-state index in [0.29, 0.717) is 12.2 Å². The number of rotatable bonds is 11.